The number of halogens is 1. The molecule has 0 bridgehead atoms. The lowest BCUT2D eigenvalue weighted by atomic mass is 9.92. The third kappa shape index (κ3) is 2.80. The highest BCUT2D eigenvalue weighted by Gasteiger charge is 2.22. The Labute approximate surface area is 111 Å². The molecule has 0 amide bonds. The van der Waals surface area contributed by atoms with Gasteiger partial charge in [-0.2, -0.15) is 0 Å². The number of fused-ring (bicyclic) bond motifs is 1. The fraction of sp³-hybridized carbons (Fsp3) is 0.467. The normalized spacial score (nSPS) is 23.9. The van der Waals surface area contributed by atoms with E-state index in [2.05, 4.69) is 5.32 Å². The Hall–Kier alpha value is -1.39. The fourth-order valence-corrected chi connectivity index (χ4v) is 2.74. The van der Waals surface area contributed by atoms with Crippen LogP contribution in [0.1, 0.15) is 31.4 Å². The summed E-state index contributed by atoms with van der Waals surface area (Å²) < 4.78 is 18.7. The Morgan fingerprint density at radius 1 is 1.26 bits per heavy atom. The molecule has 0 radical (unpaired) electrons. The van der Waals surface area contributed by atoms with E-state index in [1.807, 2.05) is 6.07 Å². The minimum absolute atomic E-state index is 0.138. The number of aliphatic hydroxyl groups excluding tert-OH is 1. The first kappa shape index (κ1) is 12.6. The van der Waals surface area contributed by atoms with E-state index in [-0.39, 0.29) is 18.0 Å². The highest BCUT2D eigenvalue weighted by atomic mass is 19.1. The minimum Gasteiger partial charge on any atom is -0.460 e. The lowest BCUT2D eigenvalue weighted by molar-refractivity contribution is 0.0894. The van der Waals surface area contributed by atoms with Gasteiger partial charge in [-0.1, -0.05) is 12.8 Å². The third-order valence-corrected chi connectivity index (χ3v) is 3.80. The number of furan rings is 1. The molecular weight excluding hydrogens is 245 g/mol. The van der Waals surface area contributed by atoms with Crippen LogP contribution in [0.25, 0.3) is 11.0 Å². The predicted octanol–water partition coefficient (Wildman–Crippen LogP) is 2.97. The summed E-state index contributed by atoms with van der Waals surface area (Å²) in [5.41, 5.74) is 0.697. The van der Waals surface area contributed by atoms with Gasteiger partial charge in [-0.05, 0) is 37.1 Å². The molecule has 1 aliphatic rings. The van der Waals surface area contributed by atoms with E-state index in [4.69, 9.17) is 4.42 Å². The summed E-state index contributed by atoms with van der Waals surface area (Å²) in [6.07, 6.45) is 3.85. The van der Waals surface area contributed by atoms with Crippen LogP contribution in [-0.2, 0) is 6.54 Å². The molecule has 0 saturated heterocycles. The van der Waals surface area contributed by atoms with Crippen molar-refractivity contribution < 1.29 is 13.9 Å². The molecule has 0 aliphatic heterocycles. The van der Waals surface area contributed by atoms with Gasteiger partial charge in [0.1, 0.15) is 17.2 Å². The maximum absolute atomic E-state index is 13.1. The monoisotopic (exact) mass is 263 g/mol. The summed E-state index contributed by atoms with van der Waals surface area (Å²) in [4.78, 5) is 0. The summed E-state index contributed by atoms with van der Waals surface area (Å²) in [7, 11) is 0. The van der Waals surface area contributed by atoms with Gasteiger partial charge >= 0.3 is 0 Å². The largest absolute Gasteiger partial charge is 0.460 e. The van der Waals surface area contributed by atoms with Gasteiger partial charge in [-0.15, -0.1) is 0 Å². The van der Waals surface area contributed by atoms with Crippen LogP contribution >= 0.6 is 0 Å². The molecule has 2 aromatic rings. The Balaban J connectivity index is 1.68. The van der Waals surface area contributed by atoms with Crippen LogP contribution < -0.4 is 5.32 Å². The van der Waals surface area contributed by atoms with Gasteiger partial charge in [0, 0.05) is 11.4 Å². The van der Waals surface area contributed by atoms with Crippen molar-refractivity contribution in [2.75, 3.05) is 0 Å². The third-order valence-electron chi connectivity index (χ3n) is 3.80. The van der Waals surface area contributed by atoms with Crippen molar-refractivity contribution >= 4 is 11.0 Å². The first-order valence-corrected chi connectivity index (χ1v) is 6.82. The van der Waals surface area contributed by atoms with Crippen LogP contribution in [0.2, 0.25) is 0 Å². The van der Waals surface area contributed by atoms with Crippen molar-refractivity contribution in [3.63, 3.8) is 0 Å². The van der Waals surface area contributed by atoms with Crippen LogP contribution in [0.5, 0.6) is 0 Å². The molecule has 1 fully saturated rings. The molecule has 19 heavy (non-hydrogen) atoms. The maximum atomic E-state index is 13.1. The Morgan fingerprint density at radius 3 is 2.95 bits per heavy atom. The quantitative estimate of drug-likeness (QED) is 0.895. The van der Waals surface area contributed by atoms with E-state index >= 15 is 0 Å². The minimum atomic E-state index is -0.268. The molecule has 3 rings (SSSR count). The van der Waals surface area contributed by atoms with Crippen LogP contribution in [0, 0.1) is 5.82 Å². The van der Waals surface area contributed by atoms with Gasteiger partial charge in [-0.3, -0.25) is 0 Å². The molecule has 2 atom stereocenters. The van der Waals surface area contributed by atoms with Gasteiger partial charge in [0.05, 0.1) is 12.6 Å². The number of hydrogen-bond acceptors (Lipinski definition) is 3. The van der Waals surface area contributed by atoms with Crippen LogP contribution in [0.4, 0.5) is 4.39 Å². The zero-order chi connectivity index (χ0) is 13.2. The number of nitrogens with one attached hydrogen (secondary N) is 1. The van der Waals surface area contributed by atoms with Gasteiger partial charge in [0.25, 0.3) is 0 Å². The number of benzene rings is 1. The zero-order valence-corrected chi connectivity index (χ0v) is 10.7. The average molecular weight is 263 g/mol. The van der Waals surface area contributed by atoms with Crippen LogP contribution in [-0.4, -0.2) is 17.3 Å². The Kier molecular flexibility index (Phi) is 3.53. The number of hydrogen-bond donors (Lipinski definition) is 2. The maximum Gasteiger partial charge on any atom is 0.134 e. The molecule has 2 N–H and O–H groups in total. The standard InChI is InChI=1S/C15H18FNO2/c16-11-5-6-15-10(7-11)8-12(19-15)9-17-13-3-1-2-4-14(13)18/h5-8,13-14,17-18H,1-4,9H2. The van der Waals surface area contributed by atoms with Gasteiger partial charge in [0.2, 0.25) is 0 Å². The van der Waals surface area contributed by atoms with Crippen molar-refractivity contribution in [1.29, 1.82) is 0 Å². The highest BCUT2D eigenvalue weighted by Crippen LogP contribution is 2.22. The average Bonchev–Trinajstić information content (AvgIpc) is 2.79. The van der Waals surface area contributed by atoms with Crippen LogP contribution in [0.15, 0.2) is 28.7 Å². The highest BCUT2D eigenvalue weighted by molar-refractivity contribution is 5.77. The van der Waals surface area contributed by atoms with Crippen molar-refractivity contribution in [2.45, 2.75) is 44.4 Å². The van der Waals surface area contributed by atoms with Crippen LogP contribution in [0.3, 0.4) is 0 Å². The Morgan fingerprint density at radius 2 is 2.11 bits per heavy atom. The second-order valence-corrected chi connectivity index (χ2v) is 5.23. The number of rotatable bonds is 3. The first-order valence-electron chi connectivity index (χ1n) is 6.82. The molecule has 1 aromatic carbocycles. The lowest BCUT2D eigenvalue weighted by Crippen LogP contribution is -2.41. The van der Waals surface area contributed by atoms with E-state index in [0.717, 1.165) is 36.8 Å². The van der Waals surface area contributed by atoms with Gasteiger partial charge in [0.15, 0.2) is 0 Å². The summed E-state index contributed by atoms with van der Waals surface area (Å²) in [5, 5.41) is 14.0. The van der Waals surface area contributed by atoms with E-state index in [0.29, 0.717) is 12.1 Å². The SMILES string of the molecule is OC1CCCCC1NCc1cc2cc(F)ccc2o1. The molecule has 1 heterocycles. The first-order chi connectivity index (χ1) is 9.22. The van der Waals surface area contributed by atoms with Crippen molar-refractivity contribution in [3.05, 3.63) is 35.8 Å². The molecule has 3 nitrogen and oxygen atoms in total. The second-order valence-electron chi connectivity index (χ2n) is 5.23. The molecule has 102 valence electrons. The molecular formula is C15H18FNO2. The van der Waals surface area contributed by atoms with Gasteiger partial charge < -0.3 is 14.8 Å². The van der Waals surface area contributed by atoms with Crippen molar-refractivity contribution in [2.24, 2.45) is 0 Å². The fourth-order valence-electron chi connectivity index (χ4n) is 2.74. The van der Waals surface area contributed by atoms with Crippen molar-refractivity contribution in [3.8, 4) is 0 Å². The second kappa shape index (κ2) is 5.31. The topological polar surface area (TPSA) is 45.4 Å². The van der Waals surface area contributed by atoms with E-state index in [1.165, 1.54) is 12.1 Å². The molecule has 0 spiro atoms. The summed E-state index contributed by atoms with van der Waals surface area (Å²) >= 11 is 0. The zero-order valence-electron chi connectivity index (χ0n) is 10.7. The Bertz CT molecular complexity index is 566. The summed E-state index contributed by atoms with van der Waals surface area (Å²) in [6.45, 7) is 0.567. The molecule has 2 unspecified atom stereocenters. The molecule has 1 aromatic heterocycles. The van der Waals surface area contributed by atoms with E-state index in [9.17, 15) is 9.50 Å². The van der Waals surface area contributed by atoms with E-state index < -0.39 is 0 Å². The van der Waals surface area contributed by atoms with E-state index in [1.54, 1.807) is 6.07 Å². The molecule has 1 saturated carbocycles. The lowest BCUT2D eigenvalue weighted by Gasteiger charge is -2.28. The van der Waals surface area contributed by atoms with Crippen molar-refractivity contribution in [1.82, 2.24) is 5.32 Å². The summed E-state index contributed by atoms with van der Waals surface area (Å²) in [5.74, 6) is 0.522. The summed E-state index contributed by atoms with van der Waals surface area (Å²) in [6, 6.07) is 6.49. The van der Waals surface area contributed by atoms with Gasteiger partial charge in [-0.25, -0.2) is 4.39 Å². The number of aliphatic hydroxyl groups is 1. The smallest absolute Gasteiger partial charge is 0.134 e. The molecule has 4 heteroatoms. The molecule has 1 aliphatic carbocycles. The predicted molar refractivity (Wildman–Crippen MR) is 71.3 cm³/mol.